The third-order valence-electron chi connectivity index (χ3n) is 7.24. The second-order valence-corrected chi connectivity index (χ2v) is 12.0. The van der Waals surface area contributed by atoms with Crippen LogP contribution in [0.15, 0.2) is 47.4 Å². The van der Waals surface area contributed by atoms with Gasteiger partial charge in [-0.15, -0.1) is 12.4 Å². The normalized spacial score (nSPS) is 22.7. The summed E-state index contributed by atoms with van der Waals surface area (Å²) in [5, 5.41) is 13.3. The molecule has 2 aromatic rings. The van der Waals surface area contributed by atoms with Crippen LogP contribution >= 0.6 is 12.4 Å². The molecule has 4 rings (SSSR count). The number of alkyl halides is 7. The van der Waals surface area contributed by atoms with Crippen molar-refractivity contribution in [2.75, 3.05) is 6.54 Å². The van der Waals surface area contributed by atoms with Gasteiger partial charge in [-0.05, 0) is 68.5 Å². The minimum Gasteiger partial charge on any atom is -0.386 e. The van der Waals surface area contributed by atoms with Crippen LogP contribution in [0, 0.1) is 0 Å². The Hall–Kier alpha value is -1.89. The Bertz CT molecular complexity index is 1260. The van der Waals surface area contributed by atoms with Crippen LogP contribution in [0.1, 0.15) is 48.9 Å². The number of sulfone groups is 1. The summed E-state index contributed by atoms with van der Waals surface area (Å²) in [5.41, 5.74) is -8.02. The molecule has 0 radical (unpaired) electrons. The monoisotopic (exact) mass is 575 g/mol. The van der Waals surface area contributed by atoms with Crippen LogP contribution in [0.4, 0.5) is 30.7 Å². The minimum absolute atomic E-state index is 0. The summed E-state index contributed by atoms with van der Waals surface area (Å²) >= 11 is 0. The van der Waals surface area contributed by atoms with Crippen molar-refractivity contribution in [3.8, 4) is 0 Å². The van der Waals surface area contributed by atoms with E-state index in [0.29, 0.717) is 17.7 Å². The van der Waals surface area contributed by atoms with E-state index in [9.17, 15) is 44.3 Å². The maximum atomic E-state index is 14.7. The first-order valence-corrected chi connectivity index (χ1v) is 12.6. The third-order valence-corrected chi connectivity index (χ3v) is 9.80. The first-order chi connectivity index (χ1) is 16.4. The highest BCUT2D eigenvalue weighted by molar-refractivity contribution is 7.92. The number of halogens is 8. The molecule has 0 amide bonds. The quantitative estimate of drug-likeness (QED) is 0.466. The Balaban J connectivity index is 0.00000380. The molecule has 0 bridgehead atoms. The van der Waals surface area contributed by atoms with Crippen LogP contribution in [0.25, 0.3) is 0 Å². The lowest BCUT2D eigenvalue weighted by Gasteiger charge is -2.41. The number of benzene rings is 2. The molecule has 2 unspecified atom stereocenters. The Morgan fingerprint density at radius 1 is 0.919 bits per heavy atom. The second-order valence-electron chi connectivity index (χ2n) is 9.80. The third kappa shape index (κ3) is 4.33. The molecule has 1 heterocycles. The van der Waals surface area contributed by atoms with E-state index in [-0.39, 0.29) is 54.2 Å². The molecule has 13 heteroatoms. The molecule has 1 aliphatic carbocycles. The maximum Gasteiger partial charge on any atom is 0.435 e. The number of nitrogens with one attached hydrogen (secondary N) is 1. The van der Waals surface area contributed by atoms with Crippen molar-refractivity contribution < 1.29 is 44.3 Å². The Morgan fingerprint density at radius 2 is 1.46 bits per heavy atom. The van der Waals surface area contributed by atoms with E-state index in [2.05, 4.69) is 5.32 Å². The molecule has 37 heavy (non-hydrogen) atoms. The summed E-state index contributed by atoms with van der Waals surface area (Å²) in [6, 6.07) is 6.64. The van der Waals surface area contributed by atoms with Gasteiger partial charge in [0.1, 0.15) is 4.75 Å². The zero-order valence-corrected chi connectivity index (χ0v) is 21.3. The first kappa shape index (κ1) is 29.7. The molecular formula is C24H25ClF7NO3S. The Labute approximate surface area is 215 Å². The smallest absolute Gasteiger partial charge is 0.386 e. The van der Waals surface area contributed by atoms with Gasteiger partial charge < -0.3 is 10.4 Å². The molecule has 2 N–H and O–H groups in total. The lowest BCUT2D eigenvalue weighted by Crippen LogP contribution is -2.51. The van der Waals surface area contributed by atoms with Gasteiger partial charge >= 0.3 is 18.0 Å². The predicted molar refractivity (Wildman–Crippen MR) is 124 cm³/mol. The van der Waals surface area contributed by atoms with Gasteiger partial charge in [0, 0.05) is 11.6 Å². The van der Waals surface area contributed by atoms with Crippen molar-refractivity contribution in [3.05, 3.63) is 64.7 Å². The SMILES string of the molecule is CC(C)(O)c1ccc(S(=O)(=O)C23CCNC2CCc2cc(C(F)(C(F)(F)F)C(F)(F)F)ccc23)cc1.Cl. The molecule has 2 aliphatic rings. The summed E-state index contributed by atoms with van der Waals surface area (Å²) < 4.78 is 121. The van der Waals surface area contributed by atoms with Crippen molar-refractivity contribution in [1.82, 2.24) is 5.32 Å². The molecule has 2 atom stereocenters. The summed E-state index contributed by atoms with van der Waals surface area (Å²) in [6.45, 7) is 3.30. The van der Waals surface area contributed by atoms with Gasteiger partial charge in [0.2, 0.25) is 0 Å². The summed E-state index contributed by atoms with van der Waals surface area (Å²) in [5.74, 6) is 0. The fraction of sp³-hybridized carbons (Fsp3) is 0.500. The number of hydrogen-bond donors (Lipinski definition) is 2. The minimum atomic E-state index is -6.27. The van der Waals surface area contributed by atoms with Gasteiger partial charge in [0.05, 0.1) is 10.5 Å². The van der Waals surface area contributed by atoms with Crippen LogP contribution in [0.3, 0.4) is 0 Å². The number of hydrogen-bond acceptors (Lipinski definition) is 4. The number of aryl methyl sites for hydroxylation is 1. The van der Waals surface area contributed by atoms with Gasteiger partial charge in [0.25, 0.3) is 0 Å². The van der Waals surface area contributed by atoms with Gasteiger partial charge in [-0.1, -0.05) is 30.3 Å². The van der Waals surface area contributed by atoms with E-state index in [1.807, 2.05) is 0 Å². The van der Waals surface area contributed by atoms with E-state index in [1.54, 1.807) is 0 Å². The van der Waals surface area contributed by atoms with Crippen LogP contribution in [0.5, 0.6) is 0 Å². The molecule has 2 aromatic carbocycles. The van der Waals surface area contributed by atoms with E-state index in [4.69, 9.17) is 0 Å². The zero-order valence-electron chi connectivity index (χ0n) is 19.7. The highest BCUT2D eigenvalue weighted by Crippen LogP contribution is 2.55. The molecule has 1 aliphatic heterocycles. The number of rotatable bonds is 4. The van der Waals surface area contributed by atoms with Gasteiger partial charge in [-0.3, -0.25) is 0 Å². The average molecular weight is 576 g/mol. The summed E-state index contributed by atoms with van der Waals surface area (Å²) in [7, 11) is -4.22. The molecule has 0 saturated carbocycles. The van der Waals surface area contributed by atoms with E-state index in [1.165, 1.54) is 38.1 Å². The fourth-order valence-corrected chi connectivity index (χ4v) is 7.71. The molecule has 206 valence electrons. The highest BCUT2D eigenvalue weighted by atomic mass is 35.5. The van der Waals surface area contributed by atoms with Crippen molar-refractivity contribution in [3.63, 3.8) is 0 Å². The largest absolute Gasteiger partial charge is 0.435 e. The molecule has 1 fully saturated rings. The van der Waals surface area contributed by atoms with Crippen LogP contribution < -0.4 is 5.32 Å². The maximum absolute atomic E-state index is 14.7. The van der Waals surface area contributed by atoms with Crippen molar-refractivity contribution >= 4 is 22.2 Å². The first-order valence-electron chi connectivity index (χ1n) is 11.1. The fourth-order valence-electron chi connectivity index (χ4n) is 5.36. The van der Waals surface area contributed by atoms with Crippen molar-refractivity contribution in [2.24, 2.45) is 0 Å². The Kier molecular flexibility index (Phi) is 7.29. The lowest BCUT2D eigenvalue weighted by atomic mass is 9.77. The molecule has 0 spiro atoms. The number of fused-ring (bicyclic) bond motifs is 3. The van der Waals surface area contributed by atoms with Crippen LogP contribution in [0.2, 0.25) is 0 Å². The standard InChI is InChI=1S/C24H24F7NO3S.ClH/c1-20(2,33)15-4-7-17(8-5-15)36(34,35)21-11-12-32-19(21)10-3-14-13-16(6-9-18(14)21)22(25,23(26,27)28)24(29,30)31;/h4-9,13,19,32-33H,3,10-12H2,1-2H3;1H. The predicted octanol–water partition coefficient (Wildman–Crippen LogP) is 5.60. The second kappa shape index (κ2) is 9.10. The van der Waals surface area contributed by atoms with Crippen LogP contribution in [-0.4, -0.2) is 38.5 Å². The van der Waals surface area contributed by atoms with Crippen LogP contribution in [-0.2, 0) is 32.3 Å². The lowest BCUT2D eigenvalue weighted by molar-refractivity contribution is -0.348. The average Bonchev–Trinajstić information content (AvgIpc) is 3.22. The molecule has 4 nitrogen and oxygen atoms in total. The van der Waals surface area contributed by atoms with E-state index >= 15 is 0 Å². The molecule has 0 aromatic heterocycles. The highest BCUT2D eigenvalue weighted by Gasteiger charge is 2.73. The topological polar surface area (TPSA) is 66.4 Å². The van der Waals surface area contributed by atoms with Gasteiger partial charge in [0.15, 0.2) is 9.84 Å². The zero-order chi connectivity index (χ0) is 26.9. The Morgan fingerprint density at radius 3 is 1.97 bits per heavy atom. The van der Waals surface area contributed by atoms with Crippen molar-refractivity contribution in [1.29, 1.82) is 0 Å². The van der Waals surface area contributed by atoms with Crippen molar-refractivity contribution in [2.45, 2.75) is 72.4 Å². The van der Waals surface area contributed by atoms with E-state index in [0.717, 1.165) is 6.07 Å². The molecule has 1 saturated heterocycles. The molecular weight excluding hydrogens is 551 g/mol. The van der Waals surface area contributed by atoms with Gasteiger partial charge in [-0.2, -0.15) is 26.3 Å². The number of aliphatic hydroxyl groups is 1. The van der Waals surface area contributed by atoms with E-state index < -0.39 is 49.8 Å². The summed E-state index contributed by atoms with van der Waals surface area (Å²) in [6.07, 6.45) is -12.4. The summed E-state index contributed by atoms with van der Waals surface area (Å²) in [4.78, 5) is -0.105. The van der Waals surface area contributed by atoms with Gasteiger partial charge in [-0.25, -0.2) is 12.8 Å².